The summed E-state index contributed by atoms with van der Waals surface area (Å²) in [6, 6.07) is 7.58. The number of hydrogen-bond donors (Lipinski definition) is 1. The van der Waals surface area contributed by atoms with Crippen molar-refractivity contribution in [3.63, 3.8) is 0 Å². The second-order valence-corrected chi connectivity index (χ2v) is 3.87. The zero-order chi connectivity index (χ0) is 11.3. The molecule has 0 aliphatic heterocycles. The molecule has 1 unspecified atom stereocenters. The topological polar surface area (TPSA) is 45.0 Å². The first-order valence-corrected chi connectivity index (χ1v) is 5.48. The standard InChI is InChI=1S/C11H13BrN2O/c1-3-14-10(7-13)8-4-5-11(15-2)9(12)6-8/h4-6,10,14H,3H2,1-2H3. The molecule has 0 aliphatic carbocycles. The van der Waals surface area contributed by atoms with Crippen molar-refractivity contribution < 1.29 is 4.74 Å². The lowest BCUT2D eigenvalue weighted by Gasteiger charge is -2.11. The number of nitriles is 1. The van der Waals surface area contributed by atoms with E-state index in [9.17, 15) is 0 Å². The zero-order valence-corrected chi connectivity index (χ0v) is 10.3. The van der Waals surface area contributed by atoms with Crippen molar-refractivity contribution in [3.05, 3.63) is 28.2 Å². The Morgan fingerprint density at radius 1 is 1.60 bits per heavy atom. The smallest absolute Gasteiger partial charge is 0.133 e. The maximum atomic E-state index is 8.97. The Morgan fingerprint density at radius 3 is 2.80 bits per heavy atom. The molecule has 3 nitrogen and oxygen atoms in total. The monoisotopic (exact) mass is 268 g/mol. The van der Waals surface area contributed by atoms with Gasteiger partial charge in [0.05, 0.1) is 17.7 Å². The third kappa shape index (κ3) is 2.95. The Kier molecular flexibility index (Phi) is 4.60. The Morgan fingerprint density at radius 2 is 2.33 bits per heavy atom. The predicted molar refractivity (Wildman–Crippen MR) is 62.7 cm³/mol. The van der Waals surface area contributed by atoms with E-state index in [2.05, 4.69) is 27.3 Å². The molecular weight excluding hydrogens is 256 g/mol. The summed E-state index contributed by atoms with van der Waals surface area (Å²) in [7, 11) is 1.62. The highest BCUT2D eigenvalue weighted by Gasteiger charge is 2.10. The van der Waals surface area contributed by atoms with Gasteiger partial charge in [0.1, 0.15) is 11.8 Å². The van der Waals surface area contributed by atoms with Gasteiger partial charge in [0.15, 0.2) is 0 Å². The van der Waals surface area contributed by atoms with Gasteiger partial charge in [-0.15, -0.1) is 0 Å². The summed E-state index contributed by atoms with van der Waals surface area (Å²) in [5.74, 6) is 0.770. The molecule has 80 valence electrons. The molecule has 0 radical (unpaired) electrons. The first kappa shape index (κ1) is 12.0. The minimum atomic E-state index is -0.266. The molecule has 15 heavy (non-hydrogen) atoms. The van der Waals surface area contributed by atoms with E-state index in [4.69, 9.17) is 10.00 Å². The fourth-order valence-corrected chi connectivity index (χ4v) is 1.86. The minimum Gasteiger partial charge on any atom is -0.496 e. The maximum absolute atomic E-state index is 8.97. The molecule has 1 aromatic carbocycles. The number of nitrogens with zero attached hydrogens (tertiary/aromatic N) is 1. The highest BCUT2D eigenvalue weighted by molar-refractivity contribution is 9.10. The van der Waals surface area contributed by atoms with E-state index in [-0.39, 0.29) is 6.04 Å². The number of hydrogen-bond acceptors (Lipinski definition) is 3. The van der Waals surface area contributed by atoms with Gasteiger partial charge in [-0.1, -0.05) is 13.0 Å². The van der Waals surface area contributed by atoms with Crippen LogP contribution < -0.4 is 10.1 Å². The summed E-state index contributed by atoms with van der Waals surface area (Å²) in [4.78, 5) is 0. The van der Waals surface area contributed by atoms with Crippen LogP contribution >= 0.6 is 15.9 Å². The van der Waals surface area contributed by atoms with Crippen LogP contribution in [0.3, 0.4) is 0 Å². The lowest BCUT2D eigenvalue weighted by atomic mass is 10.1. The van der Waals surface area contributed by atoms with Crippen molar-refractivity contribution in [2.45, 2.75) is 13.0 Å². The van der Waals surface area contributed by atoms with Gasteiger partial charge in [-0.25, -0.2) is 0 Å². The van der Waals surface area contributed by atoms with Gasteiger partial charge in [-0.3, -0.25) is 5.32 Å². The van der Waals surface area contributed by atoms with Crippen LogP contribution in [-0.4, -0.2) is 13.7 Å². The zero-order valence-electron chi connectivity index (χ0n) is 8.75. The van der Waals surface area contributed by atoms with Gasteiger partial charge >= 0.3 is 0 Å². The molecule has 0 saturated heterocycles. The van der Waals surface area contributed by atoms with Gasteiger partial charge in [-0.05, 0) is 40.2 Å². The van der Waals surface area contributed by atoms with Crippen molar-refractivity contribution >= 4 is 15.9 Å². The molecule has 0 saturated carbocycles. The van der Waals surface area contributed by atoms with Crippen LogP contribution in [0.2, 0.25) is 0 Å². The summed E-state index contributed by atoms with van der Waals surface area (Å²) < 4.78 is 5.98. The first-order chi connectivity index (χ1) is 7.22. The van der Waals surface area contributed by atoms with Crippen molar-refractivity contribution in [3.8, 4) is 11.8 Å². The van der Waals surface area contributed by atoms with Crippen LogP contribution in [0.1, 0.15) is 18.5 Å². The molecule has 0 aromatic heterocycles. The number of rotatable bonds is 4. The normalized spacial score (nSPS) is 11.9. The van der Waals surface area contributed by atoms with Gasteiger partial charge in [0.2, 0.25) is 0 Å². The second kappa shape index (κ2) is 5.74. The van der Waals surface area contributed by atoms with E-state index in [1.807, 2.05) is 25.1 Å². The molecular formula is C11H13BrN2O. The fraction of sp³-hybridized carbons (Fsp3) is 0.364. The molecule has 4 heteroatoms. The summed E-state index contributed by atoms with van der Waals surface area (Å²) in [6.07, 6.45) is 0. The number of methoxy groups -OCH3 is 1. The molecule has 0 aliphatic rings. The number of halogens is 1. The largest absolute Gasteiger partial charge is 0.496 e. The Bertz CT molecular complexity index is 373. The quantitative estimate of drug-likeness (QED) is 0.913. The third-order valence-corrected chi connectivity index (χ3v) is 2.67. The van der Waals surface area contributed by atoms with Gasteiger partial charge in [-0.2, -0.15) is 5.26 Å². The average molecular weight is 269 g/mol. The highest BCUT2D eigenvalue weighted by atomic mass is 79.9. The molecule has 0 spiro atoms. The van der Waals surface area contributed by atoms with Crippen LogP contribution in [0.4, 0.5) is 0 Å². The van der Waals surface area contributed by atoms with Crippen molar-refractivity contribution in [1.82, 2.24) is 5.32 Å². The molecule has 1 aromatic rings. The fourth-order valence-electron chi connectivity index (χ4n) is 1.30. The number of benzene rings is 1. The van der Waals surface area contributed by atoms with Crippen LogP contribution in [0.15, 0.2) is 22.7 Å². The van der Waals surface area contributed by atoms with E-state index in [1.54, 1.807) is 7.11 Å². The predicted octanol–water partition coefficient (Wildman–Crippen LogP) is 2.63. The van der Waals surface area contributed by atoms with Crippen molar-refractivity contribution in [2.75, 3.05) is 13.7 Å². The average Bonchev–Trinajstić information content (AvgIpc) is 2.25. The first-order valence-electron chi connectivity index (χ1n) is 4.69. The van der Waals surface area contributed by atoms with E-state index >= 15 is 0 Å². The van der Waals surface area contributed by atoms with Gasteiger partial charge in [0.25, 0.3) is 0 Å². The number of ether oxygens (including phenoxy) is 1. The van der Waals surface area contributed by atoms with Crippen LogP contribution in [0.5, 0.6) is 5.75 Å². The minimum absolute atomic E-state index is 0.266. The molecule has 0 fully saturated rings. The van der Waals surface area contributed by atoms with Crippen molar-refractivity contribution in [2.24, 2.45) is 0 Å². The molecule has 1 N–H and O–H groups in total. The van der Waals surface area contributed by atoms with E-state index < -0.39 is 0 Å². The highest BCUT2D eigenvalue weighted by Crippen LogP contribution is 2.27. The SMILES string of the molecule is CCNC(C#N)c1ccc(OC)c(Br)c1. The van der Waals surface area contributed by atoms with E-state index in [1.165, 1.54) is 0 Å². The summed E-state index contributed by atoms with van der Waals surface area (Å²) in [5.41, 5.74) is 0.937. The Labute approximate surface area is 98.2 Å². The molecule has 0 amide bonds. The summed E-state index contributed by atoms with van der Waals surface area (Å²) in [5, 5.41) is 12.1. The molecule has 1 rings (SSSR count). The summed E-state index contributed by atoms with van der Waals surface area (Å²) in [6.45, 7) is 2.74. The molecule has 1 atom stereocenters. The van der Waals surface area contributed by atoms with E-state index in [0.29, 0.717) is 0 Å². The van der Waals surface area contributed by atoms with Crippen LogP contribution in [-0.2, 0) is 0 Å². The van der Waals surface area contributed by atoms with E-state index in [0.717, 1.165) is 22.3 Å². The van der Waals surface area contributed by atoms with Crippen LogP contribution in [0, 0.1) is 11.3 Å². The Hall–Kier alpha value is -1.05. The third-order valence-electron chi connectivity index (χ3n) is 2.05. The van der Waals surface area contributed by atoms with Gasteiger partial charge in [0, 0.05) is 0 Å². The lowest BCUT2D eigenvalue weighted by molar-refractivity contribution is 0.412. The molecule has 0 heterocycles. The second-order valence-electron chi connectivity index (χ2n) is 3.01. The van der Waals surface area contributed by atoms with Crippen LogP contribution in [0.25, 0.3) is 0 Å². The van der Waals surface area contributed by atoms with Gasteiger partial charge < -0.3 is 4.74 Å². The Balaban J connectivity index is 2.96. The summed E-state index contributed by atoms with van der Waals surface area (Å²) >= 11 is 3.39. The number of nitrogens with one attached hydrogen (secondary N) is 1. The van der Waals surface area contributed by atoms with Crippen molar-refractivity contribution in [1.29, 1.82) is 5.26 Å². The lowest BCUT2D eigenvalue weighted by Crippen LogP contribution is -2.19. The molecule has 0 bridgehead atoms. The maximum Gasteiger partial charge on any atom is 0.133 e.